The van der Waals surface area contributed by atoms with Crippen LogP contribution in [0.1, 0.15) is 25.2 Å². The van der Waals surface area contributed by atoms with E-state index in [2.05, 4.69) is 9.72 Å². The Labute approximate surface area is 89.3 Å². The highest BCUT2D eigenvalue weighted by Crippen LogP contribution is 1.93. The summed E-state index contributed by atoms with van der Waals surface area (Å²) in [5, 5.41) is 0. The molecule has 15 heavy (non-hydrogen) atoms. The highest BCUT2D eigenvalue weighted by Gasteiger charge is 1.93. The largest absolute Gasteiger partial charge is 0.394 e. The number of ether oxygens (including phenoxy) is 1. The first-order valence-electron chi connectivity index (χ1n) is 4.51. The van der Waals surface area contributed by atoms with Crippen LogP contribution in [0.3, 0.4) is 0 Å². The fourth-order valence-corrected chi connectivity index (χ4v) is 0.882. The van der Waals surface area contributed by atoms with Gasteiger partial charge in [0.25, 0.3) is 0 Å². The number of pyridine rings is 1. The van der Waals surface area contributed by atoms with Crippen molar-refractivity contribution in [2.45, 2.75) is 27.7 Å². The quantitative estimate of drug-likeness (QED) is 0.483. The van der Waals surface area contributed by atoms with Crippen LogP contribution in [-0.2, 0) is 14.3 Å². The third-order valence-corrected chi connectivity index (χ3v) is 1.32. The summed E-state index contributed by atoms with van der Waals surface area (Å²) >= 11 is 0. The summed E-state index contributed by atoms with van der Waals surface area (Å²) in [6.07, 6.45) is 0. The van der Waals surface area contributed by atoms with Gasteiger partial charge >= 0.3 is 11.9 Å². The molecule has 82 valence electrons. The van der Waals surface area contributed by atoms with E-state index in [9.17, 15) is 9.59 Å². The number of esters is 2. The first kappa shape index (κ1) is 13.3. The van der Waals surface area contributed by atoms with Gasteiger partial charge in [0, 0.05) is 25.2 Å². The van der Waals surface area contributed by atoms with E-state index in [1.165, 1.54) is 13.8 Å². The smallest absolute Gasteiger partial charge is 0.310 e. The second-order valence-corrected chi connectivity index (χ2v) is 3.01. The molecule has 1 rings (SSSR count). The van der Waals surface area contributed by atoms with Crippen LogP contribution in [0.15, 0.2) is 18.2 Å². The SMILES string of the molecule is CC(=O)OC(C)=O.Cc1cccc(C)n1. The molecule has 0 fully saturated rings. The van der Waals surface area contributed by atoms with Gasteiger partial charge in [-0.15, -0.1) is 0 Å². The van der Waals surface area contributed by atoms with E-state index in [-0.39, 0.29) is 0 Å². The summed E-state index contributed by atoms with van der Waals surface area (Å²) in [5.74, 6) is -1.12. The Morgan fingerprint density at radius 3 is 1.60 bits per heavy atom. The number of hydrogen-bond donors (Lipinski definition) is 0. The maximum Gasteiger partial charge on any atom is 0.310 e. The van der Waals surface area contributed by atoms with Gasteiger partial charge in [0.2, 0.25) is 0 Å². The van der Waals surface area contributed by atoms with Crippen LogP contribution in [0, 0.1) is 13.8 Å². The molecule has 0 saturated heterocycles. The fourth-order valence-electron chi connectivity index (χ4n) is 0.882. The molecular weight excluding hydrogens is 194 g/mol. The zero-order valence-electron chi connectivity index (χ0n) is 9.40. The van der Waals surface area contributed by atoms with Gasteiger partial charge in [-0.05, 0) is 26.0 Å². The van der Waals surface area contributed by atoms with Gasteiger partial charge in [-0.3, -0.25) is 14.6 Å². The highest BCUT2D eigenvalue weighted by atomic mass is 16.6. The van der Waals surface area contributed by atoms with Crippen molar-refractivity contribution in [3.05, 3.63) is 29.6 Å². The standard InChI is InChI=1S/C7H9N.C4H6O3/c1-6-4-3-5-7(2)8-6;1-3(5)7-4(2)6/h3-5H,1-2H3;1-2H3. The number of hydrogen-bond acceptors (Lipinski definition) is 4. The summed E-state index contributed by atoms with van der Waals surface area (Å²) < 4.78 is 3.97. The molecule has 0 saturated carbocycles. The minimum Gasteiger partial charge on any atom is -0.394 e. The Kier molecular flexibility index (Phi) is 5.94. The van der Waals surface area contributed by atoms with Gasteiger partial charge in [-0.25, -0.2) is 0 Å². The maximum atomic E-state index is 9.81. The monoisotopic (exact) mass is 209 g/mol. The molecule has 4 heteroatoms. The molecule has 0 spiro atoms. The molecule has 0 aliphatic heterocycles. The zero-order valence-corrected chi connectivity index (χ0v) is 9.40. The second kappa shape index (κ2) is 6.70. The van der Waals surface area contributed by atoms with Crippen LogP contribution in [0.2, 0.25) is 0 Å². The zero-order chi connectivity index (χ0) is 11.8. The van der Waals surface area contributed by atoms with Crippen molar-refractivity contribution in [1.82, 2.24) is 4.98 Å². The van der Waals surface area contributed by atoms with E-state index < -0.39 is 11.9 Å². The van der Waals surface area contributed by atoms with Crippen molar-refractivity contribution < 1.29 is 14.3 Å². The molecule has 0 atom stereocenters. The third kappa shape index (κ3) is 8.62. The molecule has 0 aromatic carbocycles. The number of aromatic nitrogens is 1. The van der Waals surface area contributed by atoms with Crippen LogP contribution in [0.4, 0.5) is 0 Å². The van der Waals surface area contributed by atoms with Crippen molar-refractivity contribution >= 4 is 11.9 Å². The van der Waals surface area contributed by atoms with Crippen LogP contribution < -0.4 is 0 Å². The molecule has 0 radical (unpaired) electrons. The average Bonchev–Trinajstić information content (AvgIpc) is 2.01. The van der Waals surface area contributed by atoms with Crippen molar-refractivity contribution in [1.29, 1.82) is 0 Å². The van der Waals surface area contributed by atoms with E-state index in [1.807, 2.05) is 32.0 Å². The lowest BCUT2D eigenvalue weighted by atomic mass is 10.3. The Morgan fingerprint density at radius 1 is 1.07 bits per heavy atom. The van der Waals surface area contributed by atoms with Gasteiger partial charge in [0.05, 0.1) is 0 Å². The predicted molar refractivity (Wildman–Crippen MR) is 56.2 cm³/mol. The normalized spacial score (nSPS) is 8.53. The number of carbonyl (C=O) groups is 2. The molecule has 1 aromatic heterocycles. The topological polar surface area (TPSA) is 56.3 Å². The summed E-state index contributed by atoms with van der Waals surface area (Å²) in [5.41, 5.74) is 2.18. The second-order valence-electron chi connectivity index (χ2n) is 3.01. The molecule has 0 aliphatic rings. The molecule has 0 unspecified atom stereocenters. The fraction of sp³-hybridized carbons (Fsp3) is 0.364. The van der Waals surface area contributed by atoms with Gasteiger partial charge < -0.3 is 4.74 Å². The van der Waals surface area contributed by atoms with Gasteiger partial charge in [0.1, 0.15) is 0 Å². The maximum absolute atomic E-state index is 9.81. The molecular formula is C11H15NO3. The summed E-state index contributed by atoms with van der Waals surface area (Å²) in [6.45, 7) is 6.35. The van der Waals surface area contributed by atoms with Gasteiger partial charge in [-0.2, -0.15) is 0 Å². The Bertz CT molecular complexity index is 318. The lowest BCUT2D eigenvalue weighted by molar-refractivity contribution is -0.156. The molecule has 0 bridgehead atoms. The lowest BCUT2D eigenvalue weighted by Crippen LogP contribution is -2.03. The molecule has 0 N–H and O–H groups in total. The third-order valence-electron chi connectivity index (χ3n) is 1.32. The summed E-state index contributed by atoms with van der Waals surface area (Å²) in [6, 6.07) is 6.00. The van der Waals surface area contributed by atoms with Crippen LogP contribution in [0.25, 0.3) is 0 Å². The number of rotatable bonds is 0. The van der Waals surface area contributed by atoms with E-state index in [0.717, 1.165) is 11.4 Å². The van der Waals surface area contributed by atoms with Gasteiger partial charge in [0.15, 0.2) is 0 Å². The van der Waals surface area contributed by atoms with E-state index in [4.69, 9.17) is 0 Å². The molecule has 1 heterocycles. The van der Waals surface area contributed by atoms with E-state index in [0.29, 0.717) is 0 Å². The molecule has 0 amide bonds. The predicted octanol–water partition coefficient (Wildman–Crippen LogP) is 1.79. The lowest BCUT2D eigenvalue weighted by Gasteiger charge is -1.90. The van der Waals surface area contributed by atoms with Crippen molar-refractivity contribution in [2.75, 3.05) is 0 Å². The Hall–Kier alpha value is -1.71. The van der Waals surface area contributed by atoms with Crippen molar-refractivity contribution in [3.8, 4) is 0 Å². The molecule has 0 aliphatic carbocycles. The van der Waals surface area contributed by atoms with E-state index in [1.54, 1.807) is 0 Å². The van der Waals surface area contributed by atoms with Crippen molar-refractivity contribution in [2.24, 2.45) is 0 Å². The van der Waals surface area contributed by atoms with Crippen LogP contribution >= 0.6 is 0 Å². The average molecular weight is 209 g/mol. The summed E-state index contributed by atoms with van der Waals surface area (Å²) in [4.78, 5) is 23.8. The van der Waals surface area contributed by atoms with E-state index >= 15 is 0 Å². The first-order valence-corrected chi connectivity index (χ1v) is 4.51. The minimum absolute atomic E-state index is 0.562. The molecule has 4 nitrogen and oxygen atoms in total. The first-order chi connectivity index (χ1) is 6.91. The minimum atomic E-state index is -0.562. The van der Waals surface area contributed by atoms with Crippen molar-refractivity contribution in [3.63, 3.8) is 0 Å². The highest BCUT2D eigenvalue weighted by molar-refractivity contribution is 5.82. The number of aryl methyl sites for hydroxylation is 2. The number of nitrogens with zero attached hydrogens (tertiary/aromatic N) is 1. The molecule has 1 aromatic rings. The van der Waals surface area contributed by atoms with Crippen LogP contribution in [-0.4, -0.2) is 16.9 Å². The van der Waals surface area contributed by atoms with Gasteiger partial charge in [-0.1, -0.05) is 6.07 Å². The summed E-state index contributed by atoms with van der Waals surface area (Å²) in [7, 11) is 0. The Balaban J connectivity index is 0.000000265. The van der Waals surface area contributed by atoms with Crippen LogP contribution in [0.5, 0.6) is 0 Å². The Morgan fingerprint density at radius 2 is 1.47 bits per heavy atom. The number of carbonyl (C=O) groups excluding carboxylic acids is 2.